The number of benzene rings is 4. The molecule has 2 saturated heterocycles. The second kappa shape index (κ2) is 13.2. The zero-order valence-corrected chi connectivity index (χ0v) is 28.0. The summed E-state index contributed by atoms with van der Waals surface area (Å²) >= 11 is 2.19. The molecule has 9 nitrogen and oxygen atoms in total. The molecule has 0 saturated carbocycles. The van der Waals surface area contributed by atoms with Crippen LogP contribution < -0.4 is 10.1 Å². The summed E-state index contributed by atoms with van der Waals surface area (Å²) in [6.07, 6.45) is 0.667. The Hall–Kier alpha value is -4.52. The second-order valence-electron chi connectivity index (χ2n) is 11.9. The molecule has 3 heterocycles. The molecule has 6 atom stereocenters. The van der Waals surface area contributed by atoms with Gasteiger partial charge in [-0.1, -0.05) is 91.5 Å². The molecule has 1 spiro atoms. The topological polar surface area (TPSA) is 114 Å². The van der Waals surface area contributed by atoms with Crippen molar-refractivity contribution in [2.45, 2.75) is 29.6 Å². The lowest BCUT2D eigenvalue weighted by atomic mass is 9.65. The summed E-state index contributed by atoms with van der Waals surface area (Å²) < 4.78 is 19.1. The molecular formula is C38H33IN2O7. The van der Waals surface area contributed by atoms with Crippen LogP contribution in [0.2, 0.25) is 0 Å². The van der Waals surface area contributed by atoms with Gasteiger partial charge < -0.3 is 24.6 Å². The molecule has 0 unspecified atom stereocenters. The van der Waals surface area contributed by atoms with E-state index in [-0.39, 0.29) is 19.8 Å². The van der Waals surface area contributed by atoms with Gasteiger partial charge >= 0.3 is 11.9 Å². The number of nitrogens with one attached hydrogen (secondary N) is 1. The third-order valence-corrected chi connectivity index (χ3v) is 10.1. The molecule has 244 valence electrons. The third kappa shape index (κ3) is 5.10. The molecule has 4 aromatic rings. The summed E-state index contributed by atoms with van der Waals surface area (Å²) in [6.45, 7) is 3.37. The van der Waals surface area contributed by atoms with Gasteiger partial charge in [-0.05, 0) is 63.5 Å². The van der Waals surface area contributed by atoms with Crippen LogP contribution in [0.3, 0.4) is 0 Å². The average molecular weight is 757 g/mol. The lowest BCUT2D eigenvalue weighted by molar-refractivity contribution is -0.180. The van der Waals surface area contributed by atoms with Crippen molar-refractivity contribution in [1.82, 2.24) is 4.90 Å². The standard InChI is InChI=1S/C38H33IN2O7/c1-2-20-47-35(43)30-32-36(44)48-33(24-13-7-4-8-14-24)31(23-11-5-3-6-12-23)41(32)34(26-15-9-10-16-29(26)46-21-19-42)38(30)27-22-25(39)17-18-28(27)40-37(38)45/h2-18,22,30-34,42H,1,19-21H2,(H,40,45)/t30-,31-,32-,33+,34+,38-/m1/s1. The summed E-state index contributed by atoms with van der Waals surface area (Å²) in [7, 11) is 0. The fourth-order valence-corrected chi connectivity index (χ4v) is 8.22. The molecule has 7 rings (SSSR count). The first kappa shape index (κ1) is 32.0. The highest BCUT2D eigenvalue weighted by atomic mass is 127. The van der Waals surface area contributed by atoms with Crippen LogP contribution in [-0.4, -0.2) is 53.7 Å². The van der Waals surface area contributed by atoms with Gasteiger partial charge in [-0.25, -0.2) is 0 Å². The van der Waals surface area contributed by atoms with Crippen LogP contribution in [0.15, 0.2) is 116 Å². The largest absolute Gasteiger partial charge is 0.491 e. The molecule has 3 aliphatic heterocycles. The number of morpholine rings is 1. The van der Waals surface area contributed by atoms with Crippen LogP contribution in [-0.2, 0) is 29.3 Å². The minimum Gasteiger partial charge on any atom is -0.491 e. The van der Waals surface area contributed by atoms with Gasteiger partial charge in [0.15, 0.2) is 0 Å². The SMILES string of the molecule is C=CCOC(=O)[C@H]1[C@@H]2C(=O)O[C@@H](c3ccccc3)[C@@H](c3ccccc3)N2[C@@H](c2ccccc2OCCO)[C@]12C(=O)Nc1ccc(I)cc12. The van der Waals surface area contributed by atoms with Crippen molar-refractivity contribution in [3.63, 3.8) is 0 Å². The number of hydrogen-bond acceptors (Lipinski definition) is 8. The van der Waals surface area contributed by atoms with Gasteiger partial charge in [-0.2, -0.15) is 0 Å². The maximum atomic E-state index is 14.9. The monoisotopic (exact) mass is 756 g/mol. The van der Waals surface area contributed by atoms with Gasteiger partial charge in [0.2, 0.25) is 5.91 Å². The Kier molecular flexibility index (Phi) is 8.80. The zero-order chi connectivity index (χ0) is 33.4. The predicted molar refractivity (Wildman–Crippen MR) is 186 cm³/mol. The van der Waals surface area contributed by atoms with E-state index >= 15 is 0 Å². The number of nitrogens with zero attached hydrogens (tertiary/aromatic N) is 1. The number of esters is 2. The fraction of sp³-hybridized carbons (Fsp3) is 0.237. The van der Waals surface area contributed by atoms with Gasteiger partial charge in [-0.3, -0.25) is 19.3 Å². The van der Waals surface area contributed by atoms with Crippen molar-refractivity contribution in [2.24, 2.45) is 5.92 Å². The number of carbonyl (C=O) groups excluding carboxylic acids is 3. The number of anilines is 1. The number of amides is 1. The molecule has 2 N–H and O–H groups in total. The van der Waals surface area contributed by atoms with E-state index in [1.807, 2.05) is 102 Å². The highest BCUT2D eigenvalue weighted by Gasteiger charge is 2.74. The number of fused-ring (bicyclic) bond motifs is 3. The molecule has 48 heavy (non-hydrogen) atoms. The van der Waals surface area contributed by atoms with E-state index in [9.17, 15) is 19.5 Å². The molecule has 0 radical (unpaired) electrons. The summed E-state index contributed by atoms with van der Waals surface area (Å²) in [6, 6.07) is 29.2. The van der Waals surface area contributed by atoms with Gasteiger partial charge in [0, 0.05) is 14.8 Å². The van der Waals surface area contributed by atoms with Crippen molar-refractivity contribution >= 4 is 46.1 Å². The molecule has 10 heteroatoms. The number of cyclic esters (lactones) is 1. The van der Waals surface area contributed by atoms with E-state index in [4.69, 9.17) is 14.2 Å². The summed E-state index contributed by atoms with van der Waals surface area (Å²) in [5, 5.41) is 12.8. The third-order valence-electron chi connectivity index (χ3n) is 9.43. The summed E-state index contributed by atoms with van der Waals surface area (Å²) in [5.74, 6) is -2.69. The molecular weight excluding hydrogens is 723 g/mol. The van der Waals surface area contributed by atoms with E-state index in [0.717, 1.165) is 14.7 Å². The van der Waals surface area contributed by atoms with Crippen LogP contribution in [0.5, 0.6) is 5.75 Å². The Balaban J connectivity index is 1.58. The Labute approximate surface area is 291 Å². The van der Waals surface area contributed by atoms with Crippen LogP contribution >= 0.6 is 22.6 Å². The first-order valence-electron chi connectivity index (χ1n) is 15.7. The van der Waals surface area contributed by atoms with E-state index in [1.165, 1.54) is 6.08 Å². The van der Waals surface area contributed by atoms with Gasteiger partial charge in [0.25, 0.3) is 0 Å². The number of para-hydroxylation sites is 1. The van der Waals surface area contributed by atoms with Crippen LogP contribution in [0.1, 0.15) is 40.4 Å². The number of aliphatic hydroxyl groups excluding tert-OH is 1. The Bertz CT molecular complexity index is 1870. The predicted octanol–water partition coefficient (Wildman–Crippen LogP) is 5.66. The Morgan fingerprint density at radius 1 is 0.958 bits per heavy atom. The maximum Gasteiger partial charge on any atom is 0.325 e. The molecule has 4 aromatic carbocycles. The number of rotatable bonds is 9. The number of aliphatic hydroxyl groups is 1. The molecule has 3 aliphatic rings. The van der Waals surface area contributed by atoms with E-state index in [0.29, 0.717) is 22.6 Å². The summed E-state index contributed by atoms with van der Waals surface area (Å²) in [5.41, 5.74) is 1.64. The number of ether oxygens (including phenoxy) is 3. The van der Waals surface area contributed by atoms with E-state index in [2.05, 4.69) is 34.5 Å². The summed E-state index contributed by atoms with van der Waals surface area (Å²) in [4.78, 5) is 46.0. The van der Waals surface area contributed by atoms with Crippen molar-refractivity contribution < 1.29 is 33.7 Å². The van der Waals surface area contributed by atoms with Crippen molar-refractivity contribution in [2.75, 3.05) is 25.1 Å². The molecule has 0 aromatic heterocycles. The minimum atomic E-state index is -1.66. The minimum absolute atomic E-state index is 0.00243. The number of carbonyl (C=O) groups is 3. The Morgan fingerprint density at radius 3 is 2.35 bits per heavy atom. The lowest BCUT2D eigenvalue weighted by Crippen LogP contribution is -2.52. The second-order valence-corrected chi connectivity index (χ2v) is 13.2. The molecule has 0 aliphatic carbocycles. The van der Waals surface area contributed by atoms with Crippen LogP contribution in [0.25, 0.3) is 0 Å². The lowest BCUT2D eigenvalue weighted by Gasteiger charge is -2.46. The smallest absolute Gasteiger partial charge is 0.325 e. The quantitative estimate of drug-likeness (QED) is 0.128. The molecule has 1 amide bonds. The molecule has 0 bridgehead atoms. The van der Waals surface area contributed by atoms with E-state index in [1.54, 1.807) is 6.07 Å². The molecule has 2 fully saturated rings. The van der Waals surface area contributed by atoms with Crippen LogP contribution in [0, 0.1) is 9.49 Å². The highest BCUT2D eigenvalue weighted by molar-refractivity contribution is 14.1. The van der Waals surface area contributed by atoms with Gasteiger partial charge in [0.1, 0.15) is 42.4 Å². The first-order valence-corrected chi connectivity index (χ1v) is 16.8. The first-order chi connectivity index (χ1) is 23.4. The Morgan fingerprint density at radius 2 is 1.65 bits per heavy atom. The maximum absolute atomic E-state index is 14.9. The van der Waals surface area contributed by atoms with Crippen molar-refractivity contribution in [3.8, 4) is 5.75 Å². The average Bonchev–Trinajstić information content (AvgIpc) is 3.59. The fourth-order valence-electron chi connectivity index (χ4n) is 7.73. The zero-order valence-electron chi connectivity index (χ0n) is 25.8. The van der Waals surface area contributed by atoms with Crippen molar-refractivity contribution in [3.05, 3.63) is 142 Å². The normalized spacial score (nSPS) is 25.9. The number of halogens is 1. The van der Waals surface area contributed by atoms with Crippen molar-refractivity contribution in [1.29, 1.82) is 0 Å². The number of hydrogen-bond donors (Lipinski definition) is 2. The van der Waals surface area contributed by atoms with Gasteiger partial charge in [0.05, 0.1) is 18.7 Å². The highest BCUT2D eigenvalue weighted by Crippen LogP contribution is 2.65. The van der Waals surface area contributed by atoms with Gasteiger partial charge in [-0.15, -0.1) is 0 Å². The van der Waals surface area contributed by atoms with Crippen LogP contribution in [0.4, 0.5) is 5.69 Å². The van der Waals surface area contributed by atoms with E-state index < -0.39 is 53.4 Å².